The van der Waals surface area contributed by atoms with Gasteiger partial charge < -0.3 is 10.2 Å². The Labute approximate surface area is 146 Å². The fourth-order valence-corrected chi connectivity index (χ4v) is 4.01. The lowest BCUT2D eigenvalue weighted by molar-refractivity contribution is 0.345. The second-order valence-corrected chi connectivity index (χ2v) is 6.90. The van der Waals surface area contributed by atoms with Crippen LogP contribution in [0.25, 0.3) is 0 Å². The van der Waals surface area contributed by atoms with Gasteiger partial charge in [-0.3, -0.25) is 0 Å². The van der Waals surface area contributed by atoms with Crippen LogP contribution in [0.2, 0.25) is 5.02 Å². The Morgan fingerprint density at radius 3 is 2.79 bits per heavy atom. The Bertz CT molecular complexity index is 772. The maximum atomic E-state index is 13.5. The highest BCUT2D eigenvalue weighted by molar-refractivity contribution is 6.30. The maximum absolute atomic E-state index is 13.5. The second-order valence-electron chi connectivity index (χ2n) is 6.49. The van der Waals surface area contributed by atoms with Crippen LogP contribution in [0.4, 0.5) is 4.39 Å². The van der Waals surface area contributed by atoms with Gasteiger partial charge in [0.1, 0.15) is 5.82 Å². The van der Waals surface area contributed by atoms with Crippen molar-refractivity contribution in [3.05, 3.63) is 81.8 Å². The molecule has 2 aromatic carbocycles. The van der Waals surface area contributed by atoms with E-state index in [1.807, 2.05) is 12.1 Å². The highest BCUT2D eigenvalue weighted by atomic mass is 35.5. The van der Waals surface area contributed by atoms with Crippen LogP contribution < -0.4 is 5.32 Å². The number of nitrogens with one attached hydrogen (secondary N) is 1. The molecule has 4 heteroatoms. The van der Waals surface area contributed by atoms with Gasteiger partial charge >= 0.3 is 0 Å². The zero-order valence-corrected chi connectivity index (χ0v) is 14.2. The van der Waals surface area contributed by atoms with E-state index < -0.39 is 0 Å². The van der Waals surface area contributed by atoms with Gasteiger partial charge in [-0.15, -0.1) is 0 Å². The molecule has 0 aliphatic carbocycles. The number of hydrogen-bond acceptors (Lipinski definition) is 2. The van der Waals surface area contributed by atoms with Crippen molar-refractivity contribution < 1.29 is 4.39 Å². The van der Waals surface area contributed by atoms with Crippen molar-refractivity contribution in [1.82, 2.24) is 10.2 Å². The summed E-state index contributed by atoms with van der Waals surface area (Å²) >= 11 is 6.01. The molecule has 24 heavy (non-hydrogen) atoms. The molecule has 0 aromatic heterocycles. The molecule has 0 fully saturated rings. The Kier molecular flexibility index (Phi) is 4.30. The van der Waals surface area contributed by atoms with Crippen LogP contribution in [0.15, 0.2) is 59.8 Å². The van der Waals surface area contributed by atoms with Gasteiger partial charge in [0, 0.05) is 37.8 Å². The van der Waals surface area contributed by atoms with Crippen LogP contribution in [-0.2, 0) is 6.54 Å². The summed E-state index contributed by atoms with van der Waals surface area (Å²) in [6, 6.07) is 15.7. The standard InChI is InChI=1S/C20H20ClFN2/c21-18-10-15(6-7-19(18)22)17-13-24(12-14-4-2-1-3-5-14)20-8-9-23-11-16(17)20/h1-7,10,17,23H,8-9,11-13H2. The van der Waals surface area contributed by atoms with Crippen LogP contribution in [0, 0.1) is 5.82 Å². The van der Waals surface area contributed by atoms with Gasteiger partial charge in [0.2, 0.25) is 0 Å². The van der Waals surface area contributed by atoms with Crippen LogP contribution >= 0.6 is 11.6 Å². The highest BCUT2D eigenvalue weighted by Crippen LogP contribution is 2.39. The van der Waals surface area contributed by atoms with Crippen LogP contribution in [0.1, 0.15) is 23.5 Å². The molecule has 1 atom stereocenters. The lowest BCUT2D eigenvalue weighted by Gasteiger charge is -2.25. The van der Waals surface area contributed by atoms with E-state index in [1.54, 1.807) is 6.07 Å². The molecule has 2 aromatic rings. The highest BCUT2D eigenvalue weighted by Gasteiger charge is 2.33. The lowest BCUT2D eigenvalue weighted by Crippen LogP contribution is -2.28. The monoisotopic (exact) mass is 342 g/mol. The van der Waals surface area contributed by atoms with Gasteiger partial charge in [-0.2, -0.15) is 0 Å². The van der Waals surface area contributed by atoms with E-state index in [2.05, 4.69) is 34.5 Å². The summed E-state index contributed by atoms with van der Waals surface area (Å²) in [5.41, 5.74) is 5.30. The molecule has 0 saturated heterocycles. The van der Waals surface area contributed by atoms with E-state index in [1.165, 1.54) is 22.9 Å². The molecule has 2 aliphatic heterocycles. The third kappa shape index (κ3) is 2.94. The zero-order valence-electron chi connectivity index (χ0n) is 13.4. The van der Waals surface area contributed by atoms with Crippen molar-refractivity contribution in [1.29, 1.82) is 0 Å². The topological polar surface area (TPSA) is 15.3 Å². The second kappa shape index (κ2) is 6.58. The third-order valence-electron chi connectivity index (χ3n) is 4.99. The van der Waals surface area contributed by atoms with Crippen molar-refractivity contribution in [2.45, 2.75) is 18.9 Å². The Hall–Kier alpha value is -1.84. The van der Waals surface area contributed by atoms with Gasteiger partial charge in [-0.25, -0.2) is 4.39 Å². The first kappa shape index (κ1) is 15.7. The summed E-state index contributed by atoms with van der Waals surface area (Å²) in [6.45, 7) is 3.77. The van der Waals surface area contributed by atoms with Crippen LogP contribution in [0.5, 0.6) is 0 Å². The SMILES string of the molecule is Fc1ccc(C2CN(Cc3ccccc3)C3=C2CNCC3)cc1Cl. The first-order valence-corrected chi connectivity index (χ1v) is 8.76. The molecule has 0 saturated carbocycles. The molecule has 0 amide bonds. The molecule has 2 aliphatic rings. The summed E-state index contributed by atoms with van der Waals surface area (Å²) in [5, 5.41) is 3.68. The van der Waals surface area contributed by atoms with Crippen molar-refractivity contribution in [2.24, 2.45) is 0 Å². The normalized spacial score (nSPS) is 20.4. The van der Waals surface area contributed by atoms with E-state index >= 15 is 0 Å². The van der Waals surface area contributed by atoms with Gasteiger partial charge in [0.25, 0.3) is 0 Å². The molecular formula is C20H20ClFN2. The van der Waals surface area contributed by atoms with E-state index in [0.717, 1.165) is 38.2 Å². The van der Waals surface area contributed by atoms with E-state index in [9.17, 15) is 4.39 Å². The third-order valence-corrected chi connectivity index (χ3v) is 5.28. The zero-order chi connectivity index (χ0) is 16.5. The predicted octanol–water partition coefficient (Wildman–Crippen LogP) is 4.33. The molecule has 124 valence electrons. The number of rotatable bonds is 3. The molecule has 0 radical (unpaired) electrons. The van der Waals surface area contributed by atoms with E-state index in [0.29, 0.717) is 0 Å². The molecule has 0 spiro atoms. The number of hydrogen-bond donors (Lipinski definition) is 1. The minimum atomic E-state index is -0.351. The average Bonchev–Trinajstić information content (AvgIpc) is 2.97. The molecule has 2 nitrogen and oxygen atoms in total. The smallest absolute Gasteiger partial charge is 0.141 e. The predicted molar refractivity (Wildman–Crippen MR) is 95.5 cm³/mol. The summed E-state index contributed by atoms with van der Waals surface area (Å²) in [4.78, 5) is 2.48. The fraction of sp³-hybridized carbons (Fsp3) is 0.300. The summed E-state index contributed by atoms with van der Waals surface area (Å²) in [6.07, 6.45) is 1.05. The summed E-state index contributed by atoms with van der Waals surface area (Å²) < 4.78 is 13.5. The molecule has 2 heterocycles. The maximum Gasteiger partial charge on any atom is 0.141 e. The first-order chi connectivity index (χ1) is 11.7. The molecule has 1 N–H and O–H groups in total. The lowest BCUT2D eigenvalue weighted by atomic mass is 9.91. The minimum Gasteiger partial charge on any atom is -0.369 e. The number of nitrogens with zero attached hydrogens (tertiary/aromatic N) is 1. The van der Waals surface area contributed by atoms with Crippen molar-refractivity contribution in [2.75, 3.05) is 19.6 Å². The molecule has 0 bridgehead atoms. The van der Waals surface area contributed by atoms with Gasteiger partial charge in [0.15, 0.2) is 0 Å². The first-order valence-electron chi connectivity index (χ1n) is 8.39. The van der Waals surface area contributed by atoms with Crippen molar-refractivity contribution >= 4 is 11.6 Å². The van der Waals surface area contributed by atoms with Gasteiger partial charge in [-0.1, -0.05) is 48.0 Å². The Balaban J connectivity index is 1.64. The average molecular weight is 343 g/mol. The molecular weight excluding hydrogens is 323 g/mol. The number of benzene rings is 2. The van der Waals surface area contributed by atoms with E-state index in [4.69, 9.17) is 11.6 Å². The van der Waals surface area contributed by atoms with E-state index in [-0.39, 0.29) is 16.8 Å². The summed E-state index contributed by atoms with van der Waals surface area (Å²) in [5.74, 6) is -0.0647. The van der Waals surface area contributed by atoms with Crippen molar-refractivity contribution in [3.8, 4) is 0 Å². The summed E-state index contributed by atoms with van der Waals surface area (Å²) in [7, 11) is 0. The Morgan fingerprint density at radius 2 is 2.00 bits per heavy atom. The number of halogens is 2. The van der Waals surface area contributed by atoms with Crippen molar-refractivity contribution in [3.63, 3.8) is 0 Å². The molecule has 4 rings (SSSR count). The quantitative estimate of drug-likeness (QED) is 0.893. The Morgan fingerprint density at radius 1 is 1.17 bits per heavy atom. The fourth-order valence-electron chi connectivity index (χ4n) is 3.82. The minimum absolute atomic E-state index is 0.208. The van der Waals surface area contributed by atoms with Gasteiger partial charge in [0.05, 0.1) is 5.02 Å². The van der Waals surface area contributed by atoms with Gasteiger partial charge in [-0.05, 0) is 35.3 Å². The molecule has 1 unspecified atom stereocenters. The largest absolute Gasteiger partial charge is 0.369 e. The van der Waals surface area contributed by atoms with Crippen LogP contribution in [-0.4, -0.2) is 24.5 Å². The van der Waals surface area contributed by atoms with Crippen LogP contribution in [0.3, 0.4) is 0 Å².